The van der Waals surface area contributed by atoms with Gasteiger partial charge in [0.15, 0.2) is 0 Å². The zero-order chi connectivity index (χ0) is 16.5. The molecule has 0 amide bonds. The van der Waals surface area contributed by atoms with Gasteiger partial charge in [-0.05, 0) is 25.3 Å². The van der Waals surface area contributed by atoms with Gasteiger partial charge in [0.25, 0.3) is 0 Å². The van der Waals surface area contributed by atoms with Gasteiger partial charge in [0.2, 0.25) is 0 Å². The van der Waals surface area contributed by atoms with E-state index in [1.165, 1.54) is 6.08 Å². The van der Waals surface area contributed by atoms with Crippen molar-refractivity contribution in [3.63, 3.8) is 0 Å². The molecule has 5 heteroatoms. The van der Waals surface area contributed by atoms with Crippen LogP contribution in [0.1, 0.15) is 25.3 Å². The molecule has 0 unspecified atom stereocenters. The van der Waals surface area contributed by atoms with Gasteiger partial charge in [-0.2, -0.15) is 0 Å². The molecule has 126 valence electrons. The fourth-order valence-electron chi connectivity index (χ4n) is 2.32. The zero-order valence-corrected chi connectivity index (χ0v) is 13.4. The van der Waals surface area contributed by atoms with Crippen molar-refractivity contribution in [3.8, 4) is 0 Å². The van der Waals surface area contributed by atoms with Crippen molar-refractivity contribution in [1.82, 2.24) is 0 Å². The van der Waals surface area contributed by atoms with Crippen LogP contribution in [0.3, 0.4) is 0 Å². The van der Waals surface area contributed by atoms with Gasteiger partial charge in [0.1, 0.15) is 12.2 Å². The Balaban J connectivity index is 1.55. The SMILES string of the molecule is CCOC(=O)/C=C/CC[C@@H]1O[C@H]1[C@@H](O)COCc1ccccc1. The first kappa shape index (κ1) is 17.7. The number of allylic oxidation sites excluding steroid dienone is 1. The first-order valence-electron chi connectivity index (χ1n) is 7.99. The van der Waals surface area contributed by atoms with Crippen molar-refractivity contribution in [1.29, 1.82) is 0 Å². The number of carbonyl (C=O) groups is 1. The first-order chi connectivity index (χ1) is 11.2. The van der Waals surface area contributed by atoms with Gasteiger partial charge >= 0.3 is 5.97 Å². The number of hydrogen-bond donors (Lipinski definition) is 1. The molecule has 1 saturated heterocycles. The van der Waals surface area contributed by atoms with E-state index >= 15 is 0 Å². The molecule has 23 heavy (non-hydrogen) atoms. The summed E-state index contributed by atoms with van der Waals surface area (Å²) < 4.78 is 15.8. The minimum Gasteiger partial charge on any atom is -0.463 e. The summed E-state index contributed by atoms with van der Waals surface area (Å²) in [5.74, 6) is -0.324. The van der Waals surface area contributed by atoms with Crippen molar-refractivity contribution < 1.29 is 24.1 Å². The largest absolute Gasteiger partial charge is 0.463 e. The van der Waals surface area contributed by atoms with Gasteiger partial charge in [-0.3, -0.25) is 0 Å². The van der Waals surface area contributed by atoms with Gasteiger partial charge in [-0.1, -0.05) is 36.4 Å². The summed E-state index contributed by atoms with van der Waals surface area (Å²) in [7, 11) is 0. The molecule has 1 aromatic carbocycles. The van der Waals surface area contributed by atoms with Crippen LogP contribution in [-0.4, -0.2) is 42.6 Å². The first-order valence-corrected chi connectivity index (χ1v) is 7.99. The number of hydrogen-bond acceptors (Lipinski definition) is 5. The summed E-state index contributed by atoms with van der Waals surface area (Å²) in [4.78, 5) is 11.1. The molecule has 0 spiro atoms. The van der Waals surface area contributed by atoms with E-state index in [-0.39, 0.29) is 24.8 Å². The number of aliphatic hydroxyl groups is 1. The van der Waals surface area contributed by atoms with Crippen LogP contribution >= 0.6 is 0 Å². The van der Waals surface area contributed by atoms with E-state index in [0.717, 1.165) is 18.4 Å². The van der Waals surface area contributed by atoms with E-state index in [4.69, 9.17) is 14.2 Å². The Morgan fingerprint density at radius 1 is 1.39 bits per heavy atom. The zero-order valence-electron chi connectivity index (χ0n) is 13.4. The maximum absolute atomic E-state index is 11.1. The van der Waals surface area contributed by atoms with Crippen molar-refractivity contribution in [3.05, 3.63) is 48.0 Å². The minimum atomic E-state index is -0.613. The van der Waals surface area contributed by atoms with Crippen LogP contribution in [-0.2, 0) is 25.6 Å². The van der Waals surface area contributed by atoms with Gasteiger partial charge in [-0.15, -0.1) is 0 Å². The summed E-state index contributed by atoms with van der Waals surface area (Å²) in [6.07, 6.45) is 3.96. The number of esters is 1. The van der Waals surface area contributed by atoms with Crippen LogP contribution in [0.2, 0.25) is 0 Å². The monoisotopic (exact) mass is 320 g/mol. The smallest absolute Gasteiger partial charge is 0.330 e. The minimum absolute atomic E-state index is 0.0390. The number of aliphatic hydroxyl groups excluding tert-OH is 1. The highest BCUT2D eigenvalue weighted by molar-refractivity contribution is 5.81. The Labute approximate surface area is 136 Å². The molecular formula is C18H24O5. The second kappa shape index (κ2) is 9.45. The average molecular weight is 320 g/mol. The molecule has 1 fully saturated rings. The van der Waals surface area contributed by atoms with Crippen LogP contribution in [0.25, 0.3) is 0 Å². The number of epoxide rings is 1. The molecule has 1 heterocycles. The molecule has 1 N–H and O–H groups in total. The lowest BCUT2D eigenvalue weighted by Crippen LogP contribution is -2.23. The fraction of sp³-hybridized carbons (Fsp3) is 0.500. The average Bonchev–Trinajstić information content (AvgIpc) is 3.32. The van der Waals surface area contributed by atoms with Crippen molar-refractivity contribution in [2.75, 3.05) is 13.2 Å². The normalized spacial score (nSPS) is 21.3. The molecule has 0 aliphatic carbocycles. The van der Waals surface area contributed by atoms with Crippen LogP contribution < -0.4 is 0 Å². The second-order valence-electron chi connectivity index (χ2n) is 5.44. The number of rotatable bonds is 10. The summed E-state index contributed by atoms with van der Waals surface area (Å²) in [5, 5.41) is 10.0. The molecule has 3 atom stereocenters. The van der Waals surface area contributed by atoms with Crippen molar-refractivity contribution in [2.45, 2.75) is 44.7 Å². The van der Waals surface area contributed by atoms with Gasteiger partial charge in [0.05, 0.1) is 25.9 Å². The molecule has 0 radical (unpaired) electrons. The predicted octanol–water partition coefficient (Wildman–Crippen LogP) is 2.23. The van der Waals surface area contributed by atoms with E-state index in [9.17, 15) is 9.90 Å². The quantitative estimate of drug-likeness (QED) is 0.407. The van der Waals surface area contributed by atoms with E-state index in [1.54, 1.807) is 13.0 Å². The van der Waals surface area contributed by atoms with Crippen LogP contribution in [0.15, 0.2) is 42.5 Å². The third kappa shape index (κ3) is 6.52. The van der Waals surface area contributed by atoms with E-state index in [0.29, 0.717) is 13.2 Å². The van der Waals surface area contributed by atoms with Gasteiger partial charge < -0.3 is 19.3 Å². The van der Waals surface area contributed by atoms with Crippen LogP contribution in [0.4, 0.5) is 0 Å². The molecule has 0 bridgehead atoms. The molecule has 0 aromatic heterocycles. The lowest BCUT2D eigenvalue weighted by molar-refractivity contribution is -0.137. The Morgan fingerprint density at radius 3 is 2.91 bits per heavy atom. The predicted molar refractivity (Wildman–Crippen MR) is 85.8 cm³/mol. The van der Waals surface area contributed by atoms with E-state index < -0.39 is 6.10 Å². The van der Waals surface area contributed by atoms with Gasteiger partial charge in [-0.25, -0.2) is 4.79 Å². The summed E-state index contributed by atoms with van der Waals surface area (Å²) in [6, 6.07) is 9.84. The second-order valence-corrected chi connectivity index (χ2v) is 5.44. The van der Waals surface area contributed by atoms with Crippen LogP contribution in [0, 0.1) is 0 Å². The topological polar surface area (TPSA) is 68.3 Å². The Kier molecular flexibility index (Phi) is 7.26. The molecule has 1 aliphatic rings. The highest BCUT2D eigenvalue weighted by Crippen LogP contribution is 2.29. The van der Waals surface area contributed by atoms with E-state index in [1.807, 2.05) is 30.3 Å². The Hall–Kier alpha value is -1.69. The summed E-state index contributed by atoms with van der Waals surface area (Å²) in [5.41, 5.74) is 1.08. The fourth-order valence-corrected chi connectivity index (χ4v) is 2.32. The van der Waals surface area contributed by atoms with Crippen LogP contribution in [0.5, 0.6) is 0 Å². The maximum atomic E-state index is 11.1. The highest BCUT2D eigenvalue weighted by atomic mass is 16.6. The molecular weight excluding hydrogens is 296 g/mol. The number of carbonyl (C=O) groups excluding carboxylic acids is 1. The molecule has 0 saturated carbocycles. The molecule has 1 aromatic rings. The van der Waals surface area contributed by atoms with Crippen molar-refractivity contribution in [2.24, 2.45) is 0 Å². The number of benzene rings is 1. The lowest BCUT2D eigenvalue weighted by Gasteiger charge is -2.09. The third-order valence-corrected chi connectivity index (χ3v) is 3.56. The van der Waals surface area contributed by atoms with E-state index in [2.05, 4.69) is 0 Å². The standard InChI is InChI=1S/C18H24O5/c1-2-22-17(20)11-7-6-10-16-18(23-16)15(19)13-21-12-14-8-4-3-5-9-14/h3-5,7-9,11,15-16,18-19H,2,6,10,12-13H2,1H3/b11-7+/t15-,16-,18-/m0/s1. The molecule has 1 aliphatic heterocycles. The van der Waals surface area contributed by atoms with Crippen molar-refractivity contribution >= 4 is 5.97 Å². The third-order valence-electron chi connectivity index (χ3n) is 3.56. The Morgan fingerprint density at radius 2 is 2.17 bits per heavy atom. The molecule has 5 nitrogen and oxygen atoms in total. The summed E-state index contributed by atoms with van der Waals surface area (Å²) in [6.45, 7) is 2.90. The van der Waals surface area contributed by atoms with Gasteiger partial charge in [0, 0.05) is 6.08 Å². The number of ether oxygens (including phenoxy) is 3. The maximum Gasteiger partial charge on any atom is 0.330 e. The highest BCUT2D eigenvalue weighted by Gasteiger charge is 2.43. The lowest BCUT2D eigenvalue weighted by atomic mass is 10.1. The Bertz CT molecular complexity index is 499. The summed E-state index contributed by atoms with van der Waals surface area (Å²) >= 11 is 0. The molecule has 2 rings (SSSR count).